The zero-order valence-corrected chi connectivity index (χ0v) is 18.5. The maximum atomic E-state index is 4.91. The van der Waals surface area contributed by atoms with Crippen LogP contribution in [0.4, 0.5) is 11.6 Å². The molecular formula is C24H23N7S. The number of anilines is 2. The smallest absolute Gasteiger partial charge is 0.229 e. The van der Waals surface area contributed by atoms with Crippen molar-refractivity contribution in [2.75, 3.05) is 11.9 Å². The van der Waals surface area contributed by atoms with Crippen molar-refractivity contribution in [1.82, 2.24) is 29.8 Å². The number of rotatable bonds is 5. The molecule has 0 bridgehead atoms. The Bertz CT molecular complexity index is 1370. The Hall–Kier alpha value is -3.49. The zero-order valence-electron chi connectivity index (χ0n) is 17.7. The van der Waals surface area contributed by atoms with Crippen LogP contribution in [0.3, 0.4) is 0 Å². The summed E-state index contributed by atoms with van der Waals surface area (Å²) in [6, 6.07) is 12.7. The fourth-order valence-electron chi connectivity index (χ4n) is 4.14. The van der Waals surface area contributed by atoms with Crippen LogP contribution in [0.15, 0.2) is 55.0 Å². The highest BCUT2D eigenvalue weighted by Crippen LogP contribution is 2.36. The number of thiophene rings is 1. The molecule has 0 saturated heterocycles. The van der Waals surface area contributed by atoms with Gasteiger partial charge in [0.25, 0.3) is 0 Å². The average molecular weight is 442 g/mol. The first kappa shape index (κ1) is 19.2. The van der Waals surface area contributed by atoms with E-state index in [1.165, 1.54) is 20.9 Å². The van der Waals surface area contributed by atoms with E-state index < -0.39 is 0 Å². The summed E-state index contributed by atoms with van der Waals surface area (Å²) < 4.78 is 2.13. The molecular weight excluding hydrogens is 418 g/mol. The lowest BCUT2D eigenvalue weighted by Crippen LogP contribution is -2.21. The van der Waals surface area contributed by atoms with Gasteiger partial charge in [-0.15, -0.1) is 11.3 Å². The molecule has 1 aliphatic heterocycles. The van der Waals surface area contributed by atoms with Crippen molar-refractivity contribution in [3.8, 4) is 10.6 Å². The van der Waals surface area contributed by atoms with E-state index in [2.05, 4.69) is 61.6 Å². The summed E-state index contributed by atoms with van der Waals surface area (Å²) in [4.78, 5) is 19.8. The topological polar surface area (TPSA) is 83.5 Å². The highest BCUT2D eigenvalue weighted by Gasteiger charge is 2.18. The van der Waals surface area contributed by atoms with Gasteiger partial charge in [-0.2, -0.15) is 4.98 Å². The van der Waals surface area contributed by atoms with Crippen molar-refractivity contribution in [2.24, 2.45) is 0 Å². The van der Waals surface area contributed by atoms with E-state index in [1.54, 1.807) is 0 Å². The lowest BCUT2D eigenvalue weighted by molar-refractivity contribution is 0.653. The number of fused-ring (bicyclic) bond motifs is 2. The van der Waals surface area contributed by atoms with E-state index in [1.807, 2.05) is 36.9 Å². The van der Waals surface area contributed by atoms with Crippen molar-refractivity contribution >= 4 is 34.0 Å². The molecule has 32 heavy (non-hydrogen) atoms. The molecule has 0 spiro atoms. The lowest BCUT2D eigenvalue weighted by atomic mass is 10.1. The van der Waals surface area contributed by atoms with Crippen molar-refractivity contribution in [2.45, 2.75) is 26.4 Å². The number of aromatic nitrogens is 5. The fourth-order valence-corrected chi connectivity index (χ4v) is 5.33. The molecule has 7 nitrogen and oxygen atoms in total. The van der Waals surface area contributed by atoms with Gasteiger partial charge < -0.3 is 20.2 Å². The second-order valence-corrected chi connectivity index (χ2v) is 9.18. The predicted molar refractivity (Wildman–Crippen MR) is 128 cm³/mol. The first-order chi connectivity index (χ1) is 15.7. The normalized spacial score (nSPS) is 13.4. The van der Waals surface area contributed by atoms with Gasteiger partial charge in [-0.1, -0.05) is 12.1 Å². The van der Waals surface area contributed by atoms with Crippen LogP contribution in [0.1, 0.15) is 21.8 Å². The number of aryl methyl sites for hydroxylation is 1. The molecule has 0 unspecified atom stereocenters. The van der Waals surface area contributed by atoms with Crippen molar-refractivity contribution in [3.05, 3.63) is 76.8 Å². The molecule has 0 atom stereocenters. The molecule has 3 N–H and O–H groups in total. The third-order valence-electron chi connectivity index (χ3n) is 5.88. The third-order valence-corrected chi connectivity index (χ3v) is 7.12. The standard InChI is InChI=1S/C24H23N7S/c1-15-26-10-11-31(15)14-16-2-4-18(5-3-16)28-24-29-22(19-6-9-27-23(19)30-24)21-12-17-13-25-8-7-20(17)32-21/h2-6,9-12,25H,7-8,13-14H2,1H3,(H2,27,28,29,30). The van der Waals surface area contributed by atoms with E-state index in [4.69, 9.17) is 9.97 Å². The molecule has 0 amide bonds. The van der Waals surface area contributed by atoms with Crippen LogP contribution in [0.5, 0.6) is 0 Å². The number of benzene rings is 1. The Kier molecular flexibility index (Phi) is 4.74. The Labute approximate surface area is 189 Å². The maximum Gasteiger partial charge on any atom is 0.229 e. The first-order valence-corrected chi connectivity index (χ1v) is 11.6. The lowest BCUT2D eigenvalue weighted by Gasteiger charge is -2.10. The van der Waals surface area contributed by atoms with Crippen LogP contribution in [0.2, 0.25) is 0 Å². The van der Waals surface area contributed by atoms with Gasteiger partial charge in [-0.3, -0.25) is 0 Å². The monoisotopic (exact) mass is 441 g/mol. The van der Waals surface area contributed by atoms with Crippen LogP contribution >= 0.6 is 11.3 Å². The van der Waals surface area contributed by atoms with Crippen molar-refractivity contribution in [3.63, 3.8) is 0 Å². The molecule has 6 rings (SSSR count). The number of H-pyrrole nitrogens is 1. The minimum Gasteiger partial charge on any atom is -0.346 e. The van der Waals surface area contributed by atoms with E-state index in [9.17, 15) is 0 Å². The quantitative estimate of drug-likeness (QED) is 0.370. The molecule has 0 fully saturated rings. The molecule has 0 aliphatic carbocycles. The van der Waals surface area contributed by atoms with Crippen molar-refractivity contribution < 1.29 is 0 Å². The Morgan fingerprint density at radius 3 is 2.88 bits per heavy atom. The van der Waals surface area contributed by atoms with Crippen LogP contribution in [0.25, 0.3) is 21.6 Å². The highest BCUT2D eigenvalue weighted by molar-refractivity contribution is 7.15. The number of nitrogens with zero attached hydrogens (tertiary/aromatic N) is 4. The summed E-state index contributed by atoms with van der Waals surface area (Å²) in [7, 11) is 0. The van der Waals surface area contributed by atoms with Gasteiger partial charge >= 0.3 is 0 Å². The second-order valence-electron chi connectivity index (χ2n) is 8.05. The Morgan fingerprint density at radius 1 is 1.16 bits per heavy atom. The van der Waals surface area contributed by atoms with Crippen LogP contribution in [0, 0.1) is 6.92 Å². The van der Waals surface area contributed by atoms with Crippen LogP contribution < -0.4 is 10.6 Å². The zero-order chi connectivity index (χ0) is 21.5. The molecule has 1 aromatic carbocycles. The van der Waals surface area contributed by atoms with Gasteiger partial charge in [0.15, 0.2) is 0 Å². The number of nitrogens with one attached hydrogen (secondary N) is 3. The van der Waals surface area contributed by atoms with Gasteiger partial charge in [0.2, 0.25) is 5.95 Å². The van der Waals surface area contributed by atoms with Gasteiger partial charge in [0, 0.05) is 54.2 Å². The molecule has 1 aliphatic rings. The van der Waals surface area contributed by atoms with E-state index in [0.29, 0.717) is 5.95 Å². The minimum atomic E-state index is 0.595. The first-order valence-electron chi connectivity index (χ1n) is 10.7. The molecule has 5 aromatic rings. The van der Waals surface area contributed by atoms with Crippen molar-refractivity contribution in [1.29, 1.82) is 0 Å². The van der Waals surface area contributed by atoms with Gasteiger partial charge in [0.1, 0.15) is 11.5 Å². The number of imidazole rings is 1. The second kappa shape index (κ2) is 7.89. The van der Waals surface area contributed by atoms with Crippen LogP contribution in [-0.2, 0) is 19.5 Å². The number of aromatic amines is 1. The molecule has 0 saturated carbocycles. The highest BCUT2D eigenvalue weighted by atomic mass is 32.1. The Balaban J connectivity index is 1.29. The largest absolute Gasteiger partial charge is 0.346 e. The summed E-state index contributed by atoms with van der Waals surface area (Å²) in [5.74, 6) is 1.61. The third kappa shape index (κ3) is 3.57. The molecule has 8 heteroatoms. The average Bonchev–Trinajstić information content (AvgIpc) is 3.54. The summed E-state index contributed by atoms with van der Waals surface area (Å²) >= 11 is 1.85. The minimum absolute atomic E-state index is 0.595. The predicted octanol–water partition coefficient (Wildman–Crippen LogP) is 4.63. The van der Waals surface area contributed by atoms with Gasteiger partial charge in [-0.25, -0.2) is 9.97 Å². The molecule has 4 aromatic heterocycles. The summed E-state index contributed by atoms with van der Waals surface area (Å²) in [5, 5.41) is 7.89. The fraction of sp³-hybridized carbons (Fsp3) is 0.208. The van der Waals surface area contributed by atoms with Crippen LogP contribution in [-0.4, -0.2) is 31.0 Å². The van der Waals surface area contributed by atoms with E-state index in [0.717, 1.165) is 54.3 Å². The van der Waals surface area contributed by atoms with Gasteiger partial charge in [-0.05, 0) is 48.7 Å². The maximum absolute atomic E-state index is 4.91. The molecule has 0 radical (unpaired) electrons. The summed E-state index contributed by atoms with van der Waals surface area (Å²) in [5.41, 5.74) is 5.38. The number of hydrogen-bond donors (Lipinski definition) is 3. The van der Waals surface area contributed by atoms with E-state index >= 15 is 0 Å². The molecule has 160 valence electrons. The summed E-state index contributed by atoms with van der Waals surface area (Å²) in [6.45, 7) is 4.80. The summed E-state index contributed by atoms with van der Waals surface area (Å²) in [6.07, 6.45) is 6.84. The number of hydrogen-bond acceptors (Lipinski definition) is 6. The molecule has 5 heterocycles. The Morgan fingerprint density at radius 2 is 2.06 bits per heavy atom. The van der Waals surface area contributed by atoms with E-state index in [-0.39, 0.29) is 0 Å². The SMILES string of the molecule is Cc1nccn1Cc1ccc(Nc2nc(-c3cc4c(s3)CCNC4)c3cc[nH]c3n2)cc1. The van der Waals surface area contributed by atoms with Gasteiger partial charge in [0.05, 0.1) is 10.6 Å².